The number of carbonyl (C=O) groups is 3. The van der Waals surface area contributed by atoms with Crippen LogP contribution < -0.4 is 0 Å². The van der Waals surface area contributed by atoms with Crippen molar-refractivity contribution in [2.45, 2.75) is 183 Å². The molecule has 5 aliphatic carbocycles. The average Bonchev–Trinajstić information content (AvgIpc) is 3.49. The molecule has 0 spiro atoms. The van der Waals surface area contributed by atoms with E-state index in [-0.39, 0.29) is 52.0 Å². The fourth-order valence-corrected chi connectivity index (χ4v) is 16.0. The second kappa shape index (κ2) is 14.7. The predicted octanol–water partition coefficient (Wildman–Crippen LogP) is 10.3. The molecule has 1 amide bonds. The van der Waals surface area contributed by atoms with Gasteiger partial charge in [0.25, 0.3) is 0 Å². The normalized spacial score (nSPS) is 42.0. The Balaban J connectivity index is 1.07. The lowest BCUT2D eigenvalue weighted by Crippen LogP contribution is -2.67. The third-order valence-corrected chi connectivity index (χ3v) is 18.9. The number of esters is 1. The molecule has 2 heterocycles. The second-order valence-electron chi connectivity index (χ2n) is 22.7. The molecule has 7 aliphatic rings. The van der Waals surface area contributed by atoms with Gasteiger partial charge in [0, 0.05) is 31.0 Å². The van der Waals surface area contributed by atoms with Crippen LogP contribution in [0.15, 0.2) is 12.2 Å². The van der Waals surface area contributed by atoms with E-state index < -0.39 is 11.4 Å². The van der Waals surface area contributed by atoms with Crippen molar-refractivity contribution < 1.29 is 24.2 Å². The summed E-state index contributed by atoms with van der Waals surface area (Å²) in [4.78, 5) is 44.1. The first-order valence-electron chi connectivity index (χ1n) is 22.8. The highest BCUT2D eigenvalue weighted by Crippen LogP contribution is 2.78. The summed E-state index contributed by atoms with van der Waals surface area (Å²) in [6.07, 6.45) is 18.6. The molecule has 1 N–H and O–H groups in total. The van der Waals surface area contributed by atoms with Crippen LogP contribution in [0.3, 0.4) is 0 Å². The summed E-state index contributed by atoms with van der Waals surface area (Å²) in [5.41, 5.74) is 1.26. The Hall–Kier alpha value is -1.89. The van der Waals surface area contributed by atoms with Crippen LogP contribution in [0.4, 0.5) is 0 Å². The van der Waals surface area contributed by atoms with E-state index in [0.29, 0.717) is 41.5 Å². The van der Waals surface area contributed by atoms with Gasteiger partial charge in [0.2, 0.25) is 5.91 Å². The van der Waals surface area contributed by atoms with Crippen LogP contribution in [-0.2, 0) is 19.1 Å². The second-order valence-corrected chi connectivity index (χ2v) is 22.7. The van der Waals surface area contributed by atoms with E-state index in [1.165, 1.54) is 82.9 Å². The van der Waals surface area contributed by atoms with Crippen LogP contribution in [0.5, 0.6) is 0 Å². The molecule has 0 unspecified atom stereocenters. The summed E-state index contributed by atoms with van der Waals surface area (Å²) in [6, 6.07) is 0.663. The van der Waals surface area contributed by atoms with E-state index in [9.17, 15) is 19.5 Å². The first-order chi connectivity index (χ1) is 25.8. The van der Waals surface area contributed by atoms with E-state index in [4.69, 9.17) is 4.74 Å². The number of hydrogen-bond donors (Lipinski definition) is 1. The van der Waals surface area contributed by atoms with Crippen LogP contribution in [-0.4, -0.2) is 71.1 Å². The average molecular weight is 763 g/mol. The van der Waals surface area contributed by atoms with Gasteiger partial charge in [0.1, 0.15) is 6.10 Å². The van der Waals surface area contributed by atoms with Gasteiger partial charge in [-0.1, -0.05) is 67.0 Å². The molecule has 7 rings (SSSR count). The van der Waals surface area contributed by atoms with Gasteiger partial charge in [-0.2, -0.15) is 0 Å². The highest BCUT2D eigenvalue weighted by atomic mass is 16.5. The van der Waals surface area contributed by atoms with Crippen molar-refractivity contribution in [2.75, 3.05) is 26.2 Å². The van der Waals surface area contributed by atoms with Gasteiger partial charge in [-0.15, -0.1) is 0 Å². The molecule has 7 nitrogen and oxygen atoms in total. The number of amides is 1. The van der Waals surface area contributed by atoms with Gasteiger partial charge in [0.05, 0.1) is 12.8 Å². The number of allylic oxidation sites excluding steroid dienone is 1. The largest absolute Gasteiger partial charge is 0.481 e. The Kier molecular flexibility index (Phi) is 11.1. The van der Waals surface area contributed by atoms with Crippen molar-refractivity contribution in [3.63, 3.8) is 0 Å². The molecule has 5 saturated carbocycles. The summed E-state index contributed by atoms with van der Waals surface area (Å²) in [5.74, 6) is 2.06. The maximum absolute atomic E-state index is 14.4. The highest BCUT2D eigenvalue weighted by molar-refractivity contribution is 5.77. The molecule has 0 bridgehead atoms. The van der Waals surface area contributed by atoms with E-state index >= 15 is 0 Å². The molecule has 2 saturated heterocycles. The zero-order valence-electron chi connectivity index (χ0n) is 36.3. The molecular formula is C48H78N2O5. The van der Waals surface area contributed by atoms with Gasteiger partial charge in [0.15, 0.2) is 0 Å². The van der Waals surface area contributed by atoms with Crippen molar-refractivity contribution in [2.24, 2.45) is 62.1 Å². The molecule has 0 aromatic heterocycles. The van der Waals surface area contributed by atoms with Crippen molar-refractivity contribution in [3.8, 4) is 0 Å². The smallest absolute Gasteiger partial charge is 0.306 e. The maximum Gasteiger partial charge on any atom is 0.306 e. The molecule has 310 valence electrons. The first kappa shape index (κ1) is 41.3. The number of fused-ring (bicyclic) bond motifs is 7. The summed E-state index contributed by atoms with van der Waals surface area (Å²) in [7, 11) is 0. The van der Waals surface area contributed by atoms with E-state index in [1.807, 2.05) is 13.8 Å². The zero-order valence-corrected chi connectivity index (χ0v) is 36.3. The third-order valence-electron chi connectivity index (χ3n) is 18.9. The molecule has 7 fully saturated rings. The Morgan fingerprint density at radius 3 is 2.11 bits per heavy atom. The number of hydrogen-bond acceptors (Lipinski definition) is 5. The molecular weight excluding hydrogens is 685 g/mol. The quantitative estimate of drug-likeness (QED) is 0.186. The number of carboxylic acid groups (broad SMARTS) is 1. The van der Waals surface area contributed by atoms with E-state index in [0.717, 1.165) is 51.6 Å². The highest BCUT2D eigenvalue weighted by Gasteiger charge is 2.71. The number of ether oxygens (including phenoxy) is 1. The standard InChI is InChI=1S/C48H78N2O5/c1-32(2)34-15-22-48(29-39(51)50-27-18-33(19-28-50)49-25-11-10-12-26-49)24-23-46(8)35(42(34)48)13-14-37-45(7)20-17-38(44(5,6)36(45)16-21-47(37,46)9)55-41(54)31-43(3,4)30-40(52)53/h33-38,42H,1,10-31H2,2-9H3,(H,52,53)/t34-,35+,36-,37+,38-,42+,45-,46+,47+,48+/m0/s1. The topological polar surface area (TPSA) is 87.2 Å². The minimum absolute atomic E-state index is 0.0416. The number of likely N-dealkylation sites (tertiary alicyclic amines) is 2. The number of carboxylic acids is 1. The van der Waals surface area contributed by atoms with Crippen molar-refractivity contribution in [3.05, 3.63) is 12.2 Å². The van der Waals surface area contributed by atoms with Crippen LogP contribution in [0, 0.1) is 62.1 Å². The molecule has 55 heavy (non-hydrogen) atoms. The van der Waals surface area contributed by atoms with Gasteiger partial charge in [-0.05, 0) is 167 Å². The number of piperidine rings is 2. The predicted molar refractivity (Wildman–Crippen MR) is 219 cm³/mol. The molecule has 7 heteroatoms. The van der Waals surface area contributed by atoms with Gasteiger partial charge >= 0.3 is 11.9 Å². The van der Waals surface area contributed by atoms with Crippen molar-refractivity contribution in [1.29, 1.82) is 0 Å². The third kappa shape index (κ3) is 7.06. The fourth-order valence-electron chi connectivity index (χ4n) is 16.0. The summed E-state index contributed by atoms with van der Waals surface area (Å²) >= 11 is 0. The zero-order chi connectivity index (χ0) is 39.8. The minimum atomic E-state index is -0.876. The Bertz CT molecular complexity index is 1490. The first-order valence-corrected chi connectivity index (χ1v) is 22.8. The van der Waals surface area contributed by atoms with Crippen LogP contribution in [0.2, 0.25) is 0 Å². The monoisotopic (exact) mass is 763 g/mol. The van der Waals surface area contributed by atoms with Gasteiger partial charge in [-0.25, -0.2) is 0 Å². The minimum Gasteiger partial charge on any atom is -0.481 e. The number of nitrogens with zero attached hydrogens (tertiary/aromatic N) is 2. The van der Waals surface area contributed by atoms with Gasteiger partial charge in [-0.3, -0.25) is 14.4 Å². The van der Waals surface area contributed by atoms with Crippen molar-refractivity contribution >= 4 is 17.8 Å². The summed E-state index contributed by atoms with van der Waals surface area (Å²) < 4.78 is 6.31. The van der Waals surface area contributed by atoms with Crippen LogP contribution >= 0.6 is 0 Å². The molecule has 0 aromatic rings. The lowest BCUT2D eigenvalue weighted by atomic mass is 9.32. The SMILES string of the molecule is C=C(C)[C@@H]1CC[C@]2(CC(=O)N3CCC(N4CCCCC4)CC3)CC[C@]3(C)[C@H](CC[C@@H]4[C@@]5(C)CC[C@H](OC(=O)CC(C)(C)CC(=O)O)C(C)(C)[C@@H]5CC[C@]43C)[C@@H]12. The Morgan fingerprint density at radius 1 is 0.764 bits per heavy atom. The Labute approximate surface area is 334 Å². The molecule has 10 atom stereocenters. The van der Waals surface area contributed by atoms with Crippen LogP contribution in [0.25, 0.3) is 0 Å². The summed E-state index contributed by atoms with van der Waals surface area (Å²) in [6.45, 7) is 27.6. The number of aliphatic carboxylic acids is 1. The maximum atomic E-state index is 14.4. The lowest BCUT2D eigenvalue weighted by molar-refractivity contribution is -0.250. The van der Waals surface area contributed by atoms with Crippen molar-refractivity contribution in [1.82, 2.24) is 9.80 Å². The molecule has 2 aliphatic heterocycles. The fraction of sp³-hybridized carbons (Fsp3) is 0.896. The van der Waals surface area contributed by atoms with Crippen LogP contribution in [0.1, 0.15) is 171 Å². The van der Waals surface area contributed by atoms with E-state index in [1.54, 1.807) is 0 Å². The molecule has 0 radical (unpaired) electrons. The number of rotatable bonds is 9. The summed E-state index contributed by atoms with van der Waals surface area (Å²) in [5, 5.41) is 9.38. The molecule has 0 aromatic carbocycles. The lowest BCUT2D eigenvalue weighted by Gasteiger charge is -2.73. The van der Waals surface area contributed by atoms with Gasteiger partial charge < -0.3 is 19.6 Å². The Morgan fingerprint density at radius 2 is 1.45 bits per heavy atom. The number of carbonyl (C=O) groups excluding carboxylic acids is 2. The van der Waals surface area contributed by atoms with E-state index in [2.05, 4.69) is 57.9 Å².